The summed E-state index contributed by atoms with van der Waals surface area (Å²) >= 11 is 0. The van der Waals surface area contributed by atoms with Crippen molar-refractivity contribution in [3.63, 3.8) is 0 Å². The Morgan fingerprint density at radius 1 is 1.23 bits per heavy atom. The van der Waals surface area contributed by atoms with Crippen LogP contribution in [0.5, 0.6) is 0 Å². The fourth-order valence-electron chi connectivity index (χ4n) is 2.63. The van der Waals surface area contributed by atoms with Crippen LogP contribution in [-0.2, 0) is 20.8 Å². The van der Waals surface area contributed by atoms with Crippen molar-refractivity contribution in [1.82, 2.24) is 4.90 Å². The molecule has 1 aliphatic rings. The summed E-state index contributed by atoms with van der Waals surface area (Å²) in [6.07, 6.45) is -0.994. The zero-order valence-corrected chi connectivity index (χ0v) is 13.0. The van der Waals surface area contributed by atoms with Crippen molar-refractivity contribution in [2.45, 2.75) is 31.4 Å². The predicted molar refractivity (Wildman–Crippen MR) is 79.1 cm³/mol. The number of alkyl halides is 1. The molecule has 1 aromatic carbocycles. The van der Waals surface area contributed by atoms with Gasteiger partial charge in [0.1, 0.15) is 6.61 Å². The van der Waals surface area contributed by atoms with E-state index in [2.05, 4.69) is 0 Å². The predicted octanol–water partition coefficient (Wildman–Crippen LogP) is 2.75. The van der Waals surface area contributed by atoms with Crippen LogP contribution in [0.15, 0.2) is 30.3 Å². The topological polar surface area (TPSA) is 48.0 Å². The van der Waals surface area contributed by atoms with Crippen LogP contribution in [0.2, 0.25) is 0 Å². The molecule has 0 unspecified atom stereocenters. The zero-order chi connectivity index (χ0) is 16.0. The van der Waals surface area contributed by atoms with Gasteiger partial charge in [0.25, 0.3) is 0 Å². The quantitative estimate of drug-likeness (QED) is 0.785. The fourth-order valence-corrected chi connectivity index (χ4v) is 2.63. The van der Waals surface area contributed by atoms with Gasteiger partial charge in [-0.25, -0.2) is 9.18 Å². The summed E-state index contributed by atoms with van der Waals surface area (Å²) in [6.45, 7) is 0.788. The molecule has 0 saturated carbocycles. The molecule has 0 atom stereocenters. The highest BCUT2D eigenvalue weighted by atomic mass is 19.1. The minimum absolute atomic E-state index is 0.166. The minimum atomic E-state index is -1.57. The van der Waals surface area contributed by atoms with Gasteiger partial charge in [-0.3, -0.25) is 0 Å². The SMILES string of the molecule is COC(OC)C1(F)CCN(C(=O)OCc2ccccc2)CC1. The molecule has 1 aliphatic heterocycles. The smallest absolute Gasteiger partial charge is 0.410 e. The zero-order valence-electron chi connectivity index (χ0n) is 13.0. The first-order valence-corrected chi connectivity index (χ1v) is 7.29. The van der Waals surface area contributed by atoms with Crippen LogP contribution in [0.1, 0.15) is 18.4 Å². The van der Waals surface area contributed by atoms with E-state index >= 15 is 0 Å². The summed E-state index contributed by atoms with van der Waals surface area (Å²) in [5, 5.41) is 0. The number of amides is 1. The highest BCUT2D eigenvalue weighted by Crippen LogP contribution is 2.32. The number of likely N-dealkylation sites (tertiary alicyclic amines) is 1. The summed E-state index contributed by atoms with van der Waals surface area (Å²) in [7, 11) is 2.83. The summed E-state index contributed by atoms with van der Waals surface area (Å²) in [5.41, 5.74) is -0.647. The van der Waals surface area contributed by atoms with Gasteiger partial charge < -0.3 is 19.1 Å². The van der Waals surface area contributed by atoms with E-state index in [4.69, 9.17) is 14.2 Å². The maximum Gasteiger partial charge on any atom is 0.410 e. The summed E-state index contributed by atoms with van der Waals surface area (Å²) in [4.78, 5) is 13.5. The van der Waals surface area contributed by atoms with Crippen molar-refractivity contribution < 1.29 is 23.4 Å². The molecule has 1 amide bonds. The molecule has 1 heterocycles. The van der Waals surface area contributed by atoms with E-state index in [1.165, 1.54) is 19.1 Å². The molecular weight excluding hydrogens is 289 g/mol. The van der Waals surface area contributed by atoms with Crippen molar-refractivity contribution in [2.24, 2.45) is 0 Å². The van der Waals surface area contributed by atoms with Gasteiger partial charge in [0, 0.05) is 40.2 Å². The number of carbonyl (C=O) groups is 1. The lowest BCUT2D eigenvalue weighted by Gasteiger charge is -2.38. The standard InChI is InChI=1S/C16H22FNO4/c1-20-14(21-2)16(17)8-10-18(11-9-16)15(19)22-12-13-6-4-3-5-7-13/h3-7,14H,8-12H2,1-2H3. The van der Waals surface area contributed by atoms with Gasteiger partial charge in [-0.15, -0.1) is 0 Å². The van der Waals surface area contributed by atoms with Gasteiger partial charge in [0.2, 0.25) is 0 Å². The summed E-state index contributed by atoms with van der Waals surface area (Å²) < 4.78 is 30.0. The van der Waals surface area contributed by atoms with E-state index in [1.807, 2.05) is 30.3 Å². The van der Waals surface area contributed by atoms with Crippen molar-refractivity contribution in [2.75, 3.05) is 27.3 Å². The molecule has 1 saturated heterocycles. The van der Waals surface area contributed by atoms with Crippen molar-refractivity contribution in [3.05, 3.63) is 35.9 Å². The average Bonchev–Trinajstić information content (AvgIpc) is 2.55. The molecule has 0 radical (unpaired) electrons. The molecule has 0 aromatic heterocycles. The maximum absolute atomic E-state index is 14.7. The molecule has 0 spiro atoms. The van der Waals surface area contributed by atoms with Crippen molar-refractivity contribution in [1.29, 1.82) is 0 Å². The van der Waals surface area contributed by atoms with Crippen LogP contribution < -0.4 is 0 Å². The van der Waals surface area contributed by atoms with Crippen molar-refractivity contribution >= 4 is 6.09 Å². The molecule has 0 bridgehead atoms. The average molecular weight is 311 g/mol. The third-order valence-electron chi connectivity index (χ3n) is 3.91. The van der Waals surface area contributed by atoms with Gasteiger partial charge in [-0.05, 0) is 5.56 Å². The second-order valence-corrected chi connectivity index (χ2v) is 5.37. The Bertz CT molecular complexity index is 470. The van der Waals surface area contributed by atoms with Gasteiger partial charge in [0.05, 0.1) is 0 Å². The van der Waals surface area contributed by atoms with E-state index < -0.39 is 18.1 Å². The van der Waals surface area contributed by atoms with E-state index in [0.29, 0.717) is 0 Å². The Labute approximate surface area is 130 Å². The third kappa shape index (κ3) is 3.96. The number of piperidine rings is 1. The lowest BCUT2D eigenvalue weighted by molar-refractivity contribution is -0.197. The van der Waals surface area contributed by atoms with Crippen LogP contribution in [-0.4, -0.2) is 50.3 Å². The molecule has 2 rings (SSSR count). The minimum Gasteiger partial charge on any atom is -0.445 e. The Kier molecular flexibility index (Phi) is 5.74. The summed E-state index contributed by atoms with van der Waals surface area (Å²) in [6, 6.07) is 9.45. The number of benzene rings is 1. The van der Waals surface area contributed by atoms with Crippen LogP contribution in [0.25, 0.3) is 0 Å². The Hall–Kier alpha value is -1.66. The normalized spacial score (nSPS) is 17.5. The number of ether oxygens (including phenoxy) is 3. The lowest BCUT2D eigenvalue weighted by Crippen LogP contribution is -2.51. The molecule has 0 aliphatic carbocycles. The number of nitrogens with zero attached hydrogens (tertiary/aromatic N) is 1. The number of halogens is 1. The third-order valence-corrected chi connectivity index (χ3v) is 3.91. The number of rotatable bonds is 5. The number of methoxy groups -OCH3 is 2. The van der Waals surface area contributed by atoms with Crippen LogP contribution >= 0.6 is 0 Å². The van der Waals surface area contributed by atoms with Crippen LogP contribution in [0.3, 0.4) is 0 Å². The highest BCUT2D eigenvalue weighted by molar-refractivity contribution is 5.67. The lowest BCUT2D eigenvalue weighted by atomic mass is 9.93. The first kappa shape index (κ1) is 16.7. The molecular formula is C16H22FNO4. The van der Waals surface area contributed by atoms with E-state index in [0.717, 1.165) is 5.56 Å². The number of hydrogen-bond donors (Lipinski definition) is 0. The van der Waals surface area contributed by atoms with E-state index in [-0.39, 0.29) is 32.5 Å². The second kappa shape index (κ2) is 7.56. The molecule has 6 heteroatoms. The van der Waals surface area contributed by atoms with Crippen LogP contribution in [0, 0.1) is 0 Å². The number of carbonyl (C=O) groups excluding carboxylic acids is 1. The molecule has 122 valence electrons. The maximum atomic E-state index is 14.7. The summed E-state index contributed by atoms with van der Waals surface area (Å²) in [5.74, 6) is 0. The first-order chi connectivity index (χ1) is 10.6. The van der Waals surface area contributed by atoms with E-state index in [9.17, 15) is 9.18 Å². The number of hydrogen-bond acceptors (Lipinski definition) is 4. The monoisotopic (exact) mass is 311 g/mol. The van der Waals surface area contributed by atoms with Crippen LogP contribution in [0.4, 0.5) is 9.18 Å². The first-order valence-electron chi connectivity index (χ1n) is 7.29. The molecule has 22 heavy (non-hydrogen) atoms. The molecule has 5 nitrogen and oxygen atoms in total. The van der Waals surface area contributed by atoms with Gasteiger partial charge in [-0.1, -0.05) is 30.3 Å². The van der Waals surface area contributed by atoms with Gasteiger partial charge in [-0.2, -0.15) is 0 Å². The Morgan fingerprint density at radius 3 is 2.36 bits per heavy atom. The van der Waals surface area contributed by atoms with Gasteiger partial charge >= 0.3 is 6.09 Å². The Balaban J connectivity index is 1.82. The van der Waals surface area contributed by atoms with Crippen molar-refractivity contribution in [3.8, 4) is 0 Å². The molecule has 0 N–H and O–H groups in total. The highest BCUT2D eigenvalue weighted by Gasteiger charge is 2.44. The molecule has 1 aromatic rings. The van der Waals surface area contributed by atoms with E-state index in [1.54, 1.807) is 0 Å². The molecule has 1 fully saturated rings. The van der Waals surface area contributed by atoms with Gasteiger partial charge in [0.15, 0.2) is 12.0 Å². The fraction of sp³-hybridized carbons (Fsp3) is 0.562. The largest absolute Gasteiger partial charge is 0.445 e. The Morgan fingerprint density at radius 2 is 1.82 bits per heavy atom. The second-order valence-electron chi connectivity index (χ2n) is 5.37.